The van der Waals surface area contributed by atoms with Crippen molar-refractivity contribution in [1.29, 1.82) is 10.5 Å². The molecule has 26 heavy (non-hydrogen) atoms. The fraction of sp³-hybridized carbons (Fsp3) is 0.143. The summed E-state index contributed by atoms with van der Waals surface area (Å²) in [6.45, 7) is 0.574. The summed E-state index contributed by atoms with van der Waals surface area (Å²) in [6, 6.07) is 15.6. The second kappa shape index (κ2) is 7.57. The third-order valence-electron chi connectivity index (χ3n) is 4.25. The zero-order valence-electron chi connectivity index (χ0n) is 14.4. The first-order valence-corrected chi connectivity index (χ1v) is 8.20. The van der Waals surface area contributed by atoms with Gasteiger partial charge in [0.2, 0.25) is 0 Å². The first-order chi connectivity index (χ1) is 12.7. The number of nitriles is 2. The molecule has 0 saturated heterocycles. The number of aromatic amines is 1. The van der Waals surface area contributed by atoms with Crippen LogP contribution in [0.25, 0.3) is 22.6 Å². The van der Waals surface area contributed by atoms with Gasteiger partial charge in [0.1, 0.15) is 5.75 Å². The molecule has 5 heteroatoms. The summed E-state index contributed by atoms with van der Waals surface area (Å²) in [5, 5.41) is 19.8. The Morgan fingerprint density at radius 1 is 1.23 bits per heavy atom. The van der Waals surface area contributed by atoms with Gasteiger partial charge in [-0.1, -0.05) is 6.07 Å². The third-order valence-corrected chi connectivity index (χ3v) is 4.25. The van der Waals surface area contributed by atoms with Crippen LogP contribution < -0.4 is 10.5 Å². The molecule has 0 fully saturated rings. The number of nitrogens with two attached hydrogens (primary N) is 1. The van der Waals surface area contributed by atoms with Gasteiger partial charge in [-0.25, -0.2) is 0 Å². The molecule has 1 aromatic heterocycles. The van der Waals surface area contributed by atoms with E-state index < -0.39 is 0 Å². The molecule has 3 N–H and O–H groups in total. The summed E-state index contributed by atoms with van der Waals surface area (Å²) in [7, 11) is 1.57. The second-order valence-corrected chi connectivity index (χ2v) is 5.86. The lowest BCUT2D eigenvalue weighted by atomic mass is 10.00. The normalized spacial score (nSPS) is 11.2. The van der Waals surface area contributed by atoms with Gasteiger partial charge in [0, 0.05) is 28.2 Å². The van der Waals surface area contributed by atoms with Gasteiger partial charge in [0.05, 0.1) is 30.4 Å². The van der Waals surface area contributed by atoms with Crippen molar-refractivity contribution in [3.05, 3.63) is 64.8 Å². The summed E-state index contributed by atoms with van der Waals surface area (Å²) >= 11 is 0. The van der Waals surface area contributed by atoms with Crippen LogP contribution in [0.5, 0.6) is 5.75 Å². The minimum Gasteiger partial charge on any atom is -0.496 e. The van der Waals surface area contributed by atoms with Crippen molar-refractivity contribution in [3.8, 4) is 17.9 Å². The average Bonchev–Trinajstić information content (AvgIpc) is 3.09. The fourth-order valence-electron chi connectivity index (χ4n) is 2.96. The number of benzene rings is 2. The molecule has 0 aliphatic heterocycles. The lowest BCUT2D eigenvalue weighted by Gasteiger charge is -2.06. The number of allylic oxidation sites excluding steroid dienone is 1. The largest absolute Gasteiger partial charge is 0.496 e. The summed E-state index contributed by atoms with van der Waals surface area (Å²) < 4.78 is 5.36. The molecule has 0 amide bonds. The van der Waals surface area contributed by atoms with Gasteiger partial charge < -0.3 is 15.5 Å². The molecule has 2 aromatic carbocycles. The van der Waals surface area contributed by atoms with Gasteiger partial charge in [0.25, 0.3) is 0 Å². The maximum Gasteiger partial charge on any atom is 0.126 e. The van der Waals surface area contributed by atoms with Crippen LogP contribution in [0.4, 0.5) is 0 Å². The first kappa shape index (κ1) is 17.3. The Bertz CT molecular complexity index is 1060. The molecule has 0 spiro atoms. The van der Waals surface area contributed by atoms with Crippen LogP contribution in [-0.4, -0.2) is 18.6 Å². The van der Waals surface area contributed by atoms with Crippen molar-refractivity contribution in [1.82, 2.24) is 4.98 Å². The van der Waals surface area contributed by atoms with E-state index in [1.807, 2.05) is 18.3 Å². The summed E-state index contributed by atoms with van der Waals surface area (Å²) in [5.74, 6) is 0.611. The Morgan fingerprint density at radius 3 is 2.77 bits per heavy atom. The van der Waals surface area contributed by atoms with Crippen LogP contribution >= 0.6 is 0 Å². The van der Waals surface area contributed by atoms with Crippen LogP contribution in [0, 0.1) is 22.7 Å². The van der Waals surface area contributed by atoms with Crippen molar-refractivity contribution < 1.29 is 4.74 Å². The number of fused-ring (bicyclic) bond motifs is 1. The topological polar surface area (TPSA) is 98.6 Å². The maximum absolute atomic E-state index is 9.72. The lowest BCUT2D eigenvalue weighted by molar-refractivity contribution is 0.414. The third kappa shape index (κ3) is 3.30. The van der Waals surface area contributed by atoms with E-state index in [1.54, 1.807) is 31.4 Å². The number of hydrogen-bond acceptors (Lipinski definition) is 4. The number of rotatable bonds is 5. The van der Waals surface area contributed by atoms with Crippen molar-refractivity contribution in [3.63, 3.8) is 0 Å². The fourth-order valence-corrected chi connectivity index (χ4v) is 2.96. The molecule has 0 saturated carbocycles. The lowest BCUT2D eigenvalue weighted by Crippen LogP contribution is -2.02. The quantitative estimate of drug-likeness (QED) is 0.692. The average molecular weight is 342 g/mol. The summed E-state index contributed by atoms with van der Waals surface area (Å²) in [6.07, 6.45) is 4.36. The minimum atomic E-state index is 0.495. The van der Waals surface area contributed by atoms with E-state index in [4.69, 9.17) is 15.7 Å². The molecule has 5 nitrogen and oxygen atoms in total. The van der Waals surface area contributed by atoms with Crippen molar-refractivity contribution >= 4 is 22.6 Å². The molecule has 0 unspecified atom stereocenters. The van der Waals surface area contributed by atoms with E-state index in [1.165, 1.54) is 0 Å². The monoisotopic (exact) mass is 342 g/mol. The number of methoxy groups -OCH3 is 1. The molecule has 128 valence electrons. The van der Waals surface area contributed by atoms with E-state index in [2.05, 4.69) is 23.2 Å². The smallest absolute Gasteiger partial charge is 0.126 e. The molecule has 3 aromatic rings. The predicted molar refractivity (Wildman–Crippen MR) is 102 cm³/mol. The highest BCUT2D eigenvalue weighted by Crippen LogP contribution is 2.30. The summed E-state index contributed by atoms with van der Waals surface area (Å²) in [5.41, 5.74) is 10.2. The van der Waals surface area contributed by atoms with Gasteiger partial charge in [-0.15, -0.1) is 0 Å². The van der Waals surface area contributed by atoms with Crippen LogP contribution in [0.3, 0.4) is 0 Å². The molecule has 0 aliphatic rings. The Kier molecular flexibility index (Phi) is 5.03. The van der Waals surface area contributed by atoms with E-state index >= 15 is 0 Å². The highest BCUT2D eigenvalue weighted by Gasteiger charge is 2.11. The second-order valence-electron chi connectivity index (χ2n) is 5.86. The Labute approximate surface area is 151 Å². The van der Waals surface area contributed by atoms with E-state index in [-0.39, 0.29) is 0 Å². The van der Waals surface area contributed by atoms with Gasteiger partial charge in [-0.3, -0.25) is 0 Å². The van der Waals surface area contributed by atoms with Crippen molar-refractivity contribution in [2.45, 2.75) is 6.42 Å². The predicted octanol–water partition coefficient (Wildman–Crippen LogP) is 3.61. The minimum absolute atomic E-state index is 0.495. The number of aromatic nitrogens is 1. The molecule has 0 atom stereocenters. The zero-order chi connectivity index (χ0) is 18.5. The SMILES string of the molecule is COc1ccc(C#N)cc1/C=C(\C#N)c1c[nH]c2ccc(CCN)cc12. The molecular formula is C21H18N4O. The van der Waals surface area contributed by atoms with Gasteiger partial charge in [-0.05, 0) is 54.9 Å². The Balaban J connectivity index is 2.14. The van der Waals surface area contributed by atoms with Gasteiger partial charge in [-0.2, -0.15) is 10.5 Å². The van der Waals surface area contributed by atoms with Crippen LogP contribution in [-0.2, 0) is 6.42 Å². The molecule has 0 bridgehead atoms. The molecule has 0 aliphatic carbocycles. The van der Waals surface area contributed by atoms with E-state index in [0.717, 1.165) is 28.5 Å². The first-order valence-electron chi connectivity index (χ1n) is 8.20. The summed E-state index contributed by atoms with van der Waals surface area (Å²) in [4.78, 5) is 3.20. The van der Waals surface area contributed by atoms with Crippen LogP contribution in [0.15, 0.2) is 42.6 Å². The Hall–Kier alpha value is -3.54. The maximum atomic E-state index is 9.72. The Morgan fingerprint density at radius 2 is 2.08 bits per heavy atom. The van der Waals surface area contributed by atoms with Crippen LogP contribution in [0.1, 0.15) is 22.3 Å². The molecule has 1 heterocycles. The van der Waals surface area contributed by atoms with Crippen molar-refractivity contribution in [2.24, 2.45) is 5.73 Å². The highest BCUT2D eigenvalue weighted by atomic mass is 16.5. The zero-order valence-corrected chi connectivity index (χ0v) is 14.4. The number of nitrogens with one attached hydrogen (secondary N) is 1. The van der Waals surface area contributed by atoms with E-state index in [0.29, 0.717) is 29.0 Å². The van der Waals surface area contributed by atoms with Crippen molar-refractivity contribution in [2.75, 3.05) is 13.7 Å². The standard InChI is InChI=1S/C21H18N4O/c1-26-21-5-3-15(11-23)8-16(21)10-17(12-24)19-13-25-20-4-2-14(6-7-22)9-18(19)20/h2-5,8-10,13,25H,6-7,22H2,1H3/b17-10+. The highest BCUT2D eigenvalue weighted by molar-refractivity contribution is 6.01. The molecular weight excluding hydrogens is 324 g/mol. The number of ether oxygens (including phenoxy) is 1. The van der Waals surface area contributed by atoms with Gasteiger partial charge >= 0.3 is 0 Å². The molecule has 3 rings (SSSR count). The number of H-pyrrole nitrogens is 1. The van der Waals surface area contributed by atoms with Crippen LogP contribution in [0.2, 0.25) is 0 Å². The van der Waals surface area contributed by atoms with Gasteiger partial charge in [0.15, 0.2) is 0 Å². The van der Waals surface area contributed by atoms with E-state index in [9.17, 15) is 5.26 Å². The molecule has 0 radical (unpaired) electrons. The number of hydrogen-bond donors (Lipinski definition) is 2. The number of nitrogens with zero attached hydrogens (tertiary/aromatic N) is 2.